The molecule has 1 fully saturated rings. The van der Waals surface area contributed by atoms with Gasteiger partial charge in [-0.2, -0.15) is 4.31 Å². The highest BCUT2D eigenvalue weighted by molar-refractivity contribution is 7.89. The zero-order chi connectivity index (χ0) is 22.4. The Morgan fingerprint density at radius 1 is 1.10 bits per heavy atom. The first-order chi connectivity index (χ1) is 14.8. The maximum atomic E-state index is 12.9. The zero-order valence-electron chi connectivity index (χ0n) is 17.1. The second-order valence-electron chi connectivity index (χ2n) is 7.27. The van der Waals surface area contributed by atoms with Crippen LogP contribution in [0, 0.1) is 0 Å². The Balaban J connectivity index is 1.55. The summed E-state index contributed by atoms with van der Waals surface area (Å²) in [4.78, 5) is 36.2. The van der Waals surface area contributed by atoms with Crippen LogP contribution in [0.2, 0.25) is 0 Å². The predicted molar refractivity (Wildman–Crippen MR) is 115 cm³/mol. The van der Waals surface area contributed by atoms with Crippen LogP contribution < -0.4 is 5.32 Å². The van der Waals surface area contributed by atoms with Crippen LogP contribution in [0.25, 0.3) is 0 Å². The van der Waals surface area contributed by atoms with Crippen molar-refractivity contribution in [1.29, 1.82) is 0 Å². The molecule has 0 spiro atoms. The number of imide groups is 1. The van der Waals surface area contributed by atoms with Crippen LogP contribution in [0.4, 0.5) is 0 Å². The van der Waals surface area contributed by atoms with Gasteiger partial charge in [0, 0.05) is 13.1 Å². The molecule has 0 atom stereocenters. The average molecular weight is 465 g/mol. The molecule has 2 amide bonds. The molecule has 0 saturated heterocycles. The van der Waals surface area contributed by atoms with Crippen LogP contribution in [0.1, 0.15) is 52.1 Å². The fraction of sp³-hybridized carbons (Fsp3) is 0.381. The highest BCUT2D eigenvalue weighted by atomic mass is 32.2. The van der Waals surface area contributed by atoms with Gasteiger partial charge in [-0.05, 0) is 48.6 Å². The smallest absolute Gasteiger partial charge is 0.338 e. The van der Waals surface area contributed by atoms with Crippen LogP contribution in [0.5, 0.6) is 0 Å². The third kappa shape index (κ3) is 5.78. The van der Waals surface area contributed by atoms with E-state index in [4.69, 9.17) is 4.74 Å². The van der Waals surface area contributed by atoms with Crippen molar-refractivity contribution in [3.05, 3.63) is 52.2 Å². The number of benzene rings is 1. The van der Waals surface area contributed by atoms with Gasteiger partial charge < -0.3 is 4.74 Å². The first kappa shape index (κ1) is 23.1. The first-order valence-electron chi connectivity index (χ1n) is 9.92. The standard InChI is InChI=1S/C21H24N2O6S2/c1-23(16-6-3-2-4-7-16)31(27,28)17-11-9-15(10-12-17)21(26)29-14-19(24)22-20(25)18-8-5-13-30-18/h5,8-13,16H,2-4,6-7,14H2,1H3,(H,22,24,25). The second kappa shape index (κ2) is 10.2. The van der Waals surface area contributed by atoms with E-state index in [1.807, 2.05) is 0 Å². The number of ether oxygens (including phenoxy) is 1. The molecule has 0 aliphatic heterocycles. The Hall–Kier alpha value is -2.56. The predicted octanol–water partition coefficient (Wildman–Crippen LogP) is 2.81. The molecular weight excluding hydrogens is 440 g/mol. The summed E-state index contributed by atoms with van der Waals surface area (Å²) < 4.78 is 32.0. The summed E-state index contributed by atoms with van der Waals surface area (Å²) in [6, 6.07) is 8.63. The number of nitrogens with one attached hydrogen (secondary N) is 1. The van der Waals surface area contributed by atoms with E-state index in [1.54, 1.807) is 24.6 Å². The van der Waals surface area contributed by atoms with Gasteiger partial charge in [-0.3, -0.25) is 14.9 Å². The number of carbonyl (C=O) groups excluding carboxylic acids is 3. The van der Waals surface area contributed by atoms with Crippen molar-refractivity contribution in [3.63, 3.8) is 0 Å². The Morgan fingerprint density at radius 3 is 2.39 bits per heavy atom. The number of sulfonamides is 1. The highest BCUT2D eigenvalue weighted by Crippen LogP contribution is 2.26. The third-order valence-corrected chi connectivity index (χ3v) is 7.98. The Morgan fingerprint density at radius 2 is 1.77 bits per heavy atom. The molecule has 1 aliphatic carbocycles. The molecule has 1 aliphatic rings. The number of hydrogen-bond acceptors (Lipinski definition) is 7. The minimum absolute atomic E-state index is 0.0150. The molecule has 1 aromatic heterocycles. The maximum absolute atomic E-state index is 12.9. The van der Waals surface area contributed by atoms with E-state index in [9.17, 15) is 22.8 Å². The van der Waals surface area contributed by atoms with Gasteiger partial charge >= 0.3 is 5.97 Å². The lowest BCUT2D eigenvalue weighted by Crippen LogP contribution is -2.38. The quantitative estimate of drug-likeness (QED) is 0.631. The topological polar surface area (TPSA) is 110 Å². The maximum Gasteiger partial charge on any atom is 0.338 e. The lowest BCUT2D eigenvalue weighted by Gasteiger charge is -2.30. The van der Waals surface area contributed by atoms with Crippen molar-refractivity contribution < 1.29 is 27.5 Å². The summed E-state index contributed by atoms with van der Waals surface area (Å²) in [5, 5.41) is 3.84. The number of carbonyl (C=O) groups is 3. The van der Waals surface area contributed by atoms with Crippen LogP contribution >= 0.6 is 11.3 Å². The van der Waals surface area contributed by atoms with Crippen LogP contribution in [-0.2, 0) is 19.6 Å². The highest BCUT2D eigenvalue weighted by Gasteiger charge is 2.29. The monoisotopic (exact) mass is 464 g/mol. The molecule has 8 nitrogen and oxygen atoms in total. The van der Waals surface area contributed by atoms with Crippen LogP contribution in [0.3, 0.4) is 0 Å². The molecule has 1 heterocycles. The van der Waals surface area contributed by atoms with Gasteiger partial charge in [-0.1, -0.05) is 25.3 Å². The number of hydrogen-bond donors (Lipinski definition) is 1. The number of thiophene rings is 1. The van der Waals surface area contributed by atoms with E-state index in [-0.39, 0.29) is 16.5 Å². The SMILES string of the molecule is CN(C1CCCCC1)S(=O)(=O)c1ccc(C(=O)OCC(=O)NC(=O)c2cccs2)cc1. The minimum Gasteiger partial charge on any atom is -0.452 e. The van der Waals surface area contributed by atoms with Gasteiger partial charge in [-0.25, -0.2) is 13.2 Å². The number of nitrogens with zero attached hydrogens (tertiary/aromatic N) is 1. The molecule has 1 N–H and O–H groups in total. The molecule has 3 rings (SSSR count). The molecule has 0 unspecified atom stereocenters. The van der Waals surface area contributed by atoms with Crippen molar-refractivity contribution >= 4 is 39.1 Å². The molecule has 166 valence electrons. The van der Waals surface area contributed by atoms with Gasteiger partial charge in [0.2, 0.25) is 10.0 Å². The molecule has 1 saturated carbocycles. The largest absolute Gasteiger partial charge is 0.452 e. The van der Waals surface area contributed by atoms with Crippen molar-refractivity contribution in [1.82, 2.24) is 9.62 Å². The number of esters is 1. The van der Waals surface area contributed by atoms with Gasteiger partial charge in [0.15, 0.2) is 6.61 Å². The van der Waals surface area contributed by atoms with Gasteiger partial charge in [-0.15, -0.1) is 11.3 Å². The summed E-state index contributed by atoms with van der Waals surface area (Å²) in [6.07, 6.45) is 4.85. The van der Waals surface area contributed by atoms with Crippen molar-refractivity contribution in [2.24, 2.45) is 0 Å². The second-order valence-corrected chi connectivity index (χ2v) is 10.2. The molecule has 0 radical (unpaired) electrons. The lowest BCUT2D eigenvalue weighted by molar-refractivity contribution is -0.123. The van der Waals surface area contributed by atoms with Crippen molar-refractivity contribution in [2.75, 3.05) is 13.7 Å². The number of amides is 2. The summed E-state index contributed by atoms with van der Waals surface area (Å²) in [7, 11) is -2.07. The van der Waals surface area contributed by atoms with E-state index in [1.165, 1.54) is 39.9 Å². The fourth-order valence-corrected chi connectivity index (χ4v) is 5.45. The Labute approximate surface area is 185 Å². The number of rotatable bonds is 7. The fourth-order valence-electron chi connectivity index (χ4n) is 3.42. The van der Waals surface area contributed by atoms with Crippen molar-refractivity contribution in [3.8, 4) is 0 Å². The Kier molecular flexibility index (Phi) is 7.58. The van der Waals surface area contributed by atoms with E-state index >= 15 is 0 Å². The Bertz CT molecular complexity index is 1030. The normalized spacial score (nSPS) is 14.9. The summed E-state index contributed by atoms with van der Waals surface area (Å²) in [6.45, 7) is -0.625. The molecule has 31 heavy (non-hydrogen) atoms. The average Bonchev–Trinajstić information content (AvgIpc) is 3.33. The summed E-state index contributed by atoms with van der Waals surface area (Å²) in [5.74, 6) is -2.10. The minimum atomic E-state index is -3.66. The molecule has 10 heteroatoms. The zero-order valence-corrected chi connectivity index (χ0v) is 18.7. The lowest BCUT2D eigenvalue weighted by atomic mass is 9.96. The van der Waals surface area contributed by atoms with Gasteiger partial charge in [0.1, 0.15) is 0 Å². The van der Waals surface area contributed by atoms with Crippen LogP contribution in [-0.4, -0.2) is 50.2 Å². The van der Waals surface area contributed by atoms with Gasteiger partial charge in [0.25, 0.3) is 11.8 Å². The van der Waals surface area contributed by atoms with E-state index < -0.39 is 34.4 Å². The molecule has 0 bridgehead atoms. The summed E-state index contributed by atoms with van der Waals surface area (Å²) in [5.41, 5.74) is 0.108. The molecular formula is C21H24N2O6S2. The van der Waals surface area contributed by atoms with Crippen LogP contribution in [0.15, 0.2) is 46.7 Å². The van der Waals surface area contributed by atoms with E-state index in [0.717, 1.165) is 32.1 Å². The molecule has 2 aromatic rings. The first-order valence-corrected chi connectivity index (χ1v) is 12.2. The third-order valence-electron chi connectivity index (χ3n) is 5.19. The summed E-state index contributed by atoms with van der Waals surface area (Å²) >= 11 is 1.18. The molecule has 1 aromatic carbocycles. The van der Waals surface area contributed by atoms with E-state index in [0.29, 0.717) is 4.88 Å². The van der Waals surface area contributed by atoms with Crippen molar-refractivity contribution in [2.45, 2.75) is 43.0 Å². The van der Waals surface area contributed by atoms with Gasteiger partial charge in [0.05, 0.1) is 15.3 Å². The van der Waals surface area contributed by atoms with E-state index in [2.05, 4.69) is 5.32 Å².